The van der Waals surface area contributed by atoms with Crippen LogP contribution in [0.2, 0.25) is 0 Å². The third kappa shape index (κ3) is 4.06. The lowest BCUT2D eigenvalue weighted by Gasteiger charge is -2.36. The highest BCUT2D eigenvalue weighted by molar-refractivity contribution is 5.94. The van der Waals surface area contributed by atoms with Gasteiger partial charge in [0, 0.05) is 44.6 Å². The highest BCUT2D eigenvalue weighted by Crippen LogP contribution is 2.26. The molecule has 0 spiro atoms. The average molecular weight is 430 g/mol. The van der Waals surface area contributed by atoms with Gasteiger partial charge in [-0.05, 0) is 22.9 Å². The largest absolute Gasteiger partial charge is 0.366 e. The summed E-state index contributed by atoms with van der Waals surface area (Å²) in [6.45, 7) is 2.35. The summed E-state index contributed by atoms with van der Waals surface area (Å²) in [5.41, 5.74) is 1.50. The molecule has 0 N–H and O–H groups in total. The van der Waals surface area contributed by atoms with Crippen LogP contribution in [0.4, 0.5) is 10.1 Å². The molecule has 1 fully saturated rings. The van der Waals surface area contributed by atoms with Gasteiger partial charge in [-0.15, -0.1) is 0 Å². The molecule has 4 aromatic rings. The first-order valence-corrected chi connectivity index (χ1v) is 10.8. The van der Waals surface area contributed by atoms with E-state index in [4.69, 9.17) is 4.52 Å². The van der Waals surface area contributed by atoms with Crippen LogP contribution in [0.25, 0.3) is 22.2 Å². The number of aryl methyl sites for hydroxylation is 1. The lowest BCUT2D eigenvalue weighted by molar-refractivity contribution is -0.131. The van der Waals surface area contributed by atoms with E-state index in [1.807, 2.05) is 58.3 Å². The van der Waals surface area contributed by atoms with E-state index in [2.05, 4.69) is 10.1 Å². The molecule has 1 aliphatic heterocycles. The van der Waals surface area contributed by atoms with Crippen LogP contribution >= 0.6 is 0 Å². The molecule has 3 aromatic carbocycles. The maximum absolute atomic E-state index is 14.0. The second-order valence-corrected chi connectivity index (χ2v) is 7.86. The Morgan fingerprint density at radius 2 is 1.69 bits per heavy atom. The van der Waals surface area contributed by atoms with Gasteiger partial charge >= 0.3 is 0 Å². The van der Waals surface area contributed by atoms with Crippen molar-refractivity contribution in [2.45, 2.75) is 12.8 Å². The van der Waals surface area contributed by atoms with E-state index in [9.17, 15) is 9.18 Å². The van der Waals surface area contributed by atoms with Gasteiger partial charge in [-0.1, -0.05) is 59.8 Å². The molecule has 1 aliphatic rings. The fraction of sp³-hybridized carbons (Fsp3) is 0.240. The third-order valence-electron chi connectivity index (χ3n) is 5.88. The summed E-state index contributed by atoms with van der Waals surface area (Å²) in [5.74, 6) is 0.794. The molecule has 32 heavy (non-hydrogen) atoms. The monoisotopic (exact) mass is 430 g/mol. The summed E-state index contributed by atoms with van der Waals surface area (Å²) >= 11 is 0. The van der Waals surface area contributed by atoms with Crippen molar-refractivity contribution in [3.8, 4) is 11.4 Å². The standard InChI is InChI=1S/C25H23FN4O2/c26-21-10-3-4-11-22(21)29-14-16-30(17-15-29)24(31)13-12-23-27-25(28-32-23)20-9-5-7-18-6-1-2-8-19(18)20/h1-11H,12-17H2. The van der Waals surface area contributed by atoms with Crippen LogP contribution in [0.5, 0.6) is 0 Å². The molecule has 1 amide bonds. The molecule has 6 nitrogen and oxygen atoms in total. The van der Waals surface area contributed by atoms with Crippen molar-refractivity contribution in [2.24, 2.45) is 0 Å². The lowest BCUT2D eigenvalue weighted by Crippen LogP contribution is -2.49. The van der Waals surface area contributed by atoms with Gasteiger partial charge < -0.3 is 14.3 Å². The van der Waals surface area contributed by atoms with Gasteiger partial charge in [0.25, 0.3) is 0 Å². The molecule has 0 aliphatic carbocycles. The number of fused-ring (bicyclic) bond motifs is 1. The molecule has 7 heteroatoms. The SMILES string of the molecule is O=C(CCc1nc(-c2cccc3ccccc23)no1)N1CCN(c2ccccc2F)CC1. The predicted molar refractivity (Wildman–Crippen MR) is 121 cm³/mol. The molecule has 0 radical (unpaired) electrons. The molecular formula is C25H23FN4O2. The molecule has 0 bridgehead atoms. The number of carbonyl (C=O) groups excluding carboxylic acids is 1. The number of halogens is 1. The second kappa shape index (κ2) is 8.78. The number of para-hydroxylation sites is 1. The van der Waals surface area contributed by atoms with Gasteiger partial charge in [0.1, 0.15) is 5.82 Å². The Kier molecular flexibility index (Phi) is 5.54. The number of carbonyl (C=O) groups is 1. The Labute approximate surface area is 185 Å². The Hall–Kier alpha value is -3.74. The molecule has 0 saturated carbocycles. The summed E-state index contributed by atoms with van der Waals surface area (Å²) < 4.78 is 19.4. The number of amides is 1. The zero-order chi connectivity index (χ0) is 21.9. The quantitative estimate of drug-likeness (QED) is 0.472. The zero-order valence-corrected chi connectivity index (χ0v) is 17.6. The molecule has 2 heterocycles. The van der Waals surface area contributed by atoms with Crippen molar-refractivity contribution < 1.29 is 13.7 Å². The van der Waals surface area contributed by atoms with Crippen molar-refractivity contribution in [1.82, 2.24) is 15.0 Å². The van der Waals surface area contributed by atoms with Gasteiger partial charge in [-0.2, -0.15) is 4.98 Å². The van der Waals surface area contributed by atoms with Crippen LogP contribution in [0.15, 0.2) is 71.3 Å². The van der Waals surface area contributed by atoms with Gasteiger partial charge in [0.2, 0.25) is 17.6 Å². The number of piperazine rings is 1. The Bertz CT molecular complexity index is 1240. The first kappa shape index (κ1) is 20.2. The molecule has 0 atom stereocenters. The van der Waals surface area contributed by atoms with Crippen LogP contribution in [0, 0.1) is 5.82 Å². The van der Waals surface area contributed by atoms with Gasteiger partial charge in [0.05, 0.1) is 5.69 Å². The molecule has 1 aromatic heterocycles. The van der Waals surface area contributed by atoms with E-state index in [0.29, 0.717) is 56.4 Å². The van der Waals surface area contributed by atoms with Crippen molar-refractivity contribution in [2.75, 3.05) is 31.1 Å². The van der Waals surface area contributed by atoms with Crippen LogP contribution in [0.1, 0.15) is 12.3 Å². The number of hydrogen-bond donors (Lipinski definition) is 0. The fourth-order valence-corrected chi connectivity index (χ4v) is 4.16. The van der Waals surface area contributed by atoms with Gasteiger partial charge in [-0.3, -0.25) is 4.79 Å². The fourth-order valence-electron chi connectivity index (χ4n) is 4.16. The summed E-state index contributed by atoms with van der Waals surface area (Å²) in [6.07, 6.45) is 0.695. The summed E-state index contributed by atoms with van der Waals surface area (Å²) in [6, 6.07) is 20.8. The average Bonchev–Trinajstić information content (AvgIpc) is 3.31. The molecule has 5 rings (SSSR count). The number of anilines is 1. The van der Waals surface area contributed by atoms with E-state index in [-0.39, 0.29) is 11.7 Å². The first-order valence-electron chi connectivity index (χ1n) is 10.8. The predicted octanol–water partition coefficient (Wildman–Crippen LogP) is 4.31. The van der Waals surface area contributed by atoms with E-state index in [0.717, 1.165) is 16.3 Å². The highest BCUT2D eigenvalue weighted by Gasteiger charge is 2.23. The minimum Gasteiger partial charge on any atom is -0.366 e. The smallest absolute Gasteiger partial charge is 0.227 e. The van der Waals surface area contributed by atoms with Crippen molar-refractivity contribution in [3.05, 3.63) is 78.4 Å². The van der Waals surface area contributed by atoms with Crippen LogP contribution in [-0.4, -0.2) is 47.1 Å². The maximum Gasteiger partial charge on any atom is 0.227 e. The molecule has 162 valence electrons. The number of aromatic nitrogens is 2. The Morgan fingerprint density at radius 1 is 0.938 bits per heavy atom. The second-order valence-electron chi connectivity index (χ2n) is 7.86. The van der Waals surface area contributed by atoms with Gasteiger partial charge in [-0.25, -0.2) is 4.39 Å². The van der Waals surface area contributed by atoms with E-state index >= 15 is 0 Å². The third-order valence-corrected chi connectivity index (χ3v) is 5.88. The summed E-state index contributed by atoms with van der Waals surface area (Å²) in [5, 5.41) is 6.30. The van der Waals surface area contributed by atoms with Gasteiger partial charge in [0.15, 0.2) is 0 Å². The summed E-state index contributed by atoms with van der Waals surface area (Å²) in [4.78, 5) is 21.0. The van der Waals surface area contributed by atoms with Crippen molar-refractivity contribution in [3.63, 3.8) is 0 Å². The Balaban J connectivity index is 1.19. The number of hydrogen-bond acceptors (Lipinski definition) is 5. The highest BCUT2D eigenvalue weighted by atomic mass is 19.1. The zero-order valence-electron chi connectivity index (χ0n) is 17.6. The molecule has 1 saturated heterocycles. The normalized spacial score (nSPS) is 14.2. The first-order chi connectivity index (χ1) is 15.7. The number of rotatable bonds is 5. The van der Waals surface area contributed by atoms with E-state index < -0.39 is 0 Å². The molecule has 0 unspecified atom stereocenters. The number of benzene rings is 3. The van der Waals surface area contributed by atoms with Crippen molar-refractivity contribution in [1.29, 1.82) is 0 Å². The van der Waals surface area contributed by atoms with E-state index in [1.54, 1.807) is 12.1 Å². The maximum atomic E-state index is 14.0. The lowest BCUT2D eigenvalue weighted by atomic mass is 10.0. The molecular weight excluding hydrogens is 407 g/mol. The minimum absolute atomic E-state index is 0.0445. The van der Waals surface area contributed by atoms with E-state index in [1.165, 1.54) is 6.07 Å². The Morgan fingerprint density at radius 3 is 2.53 bits per heavy atom. The van der Waals surface area contributed by atoms with Crippen LogP contribution in [0.3, 0.4) is 0 Å². The minimum atomic E-state index is -0.231. The number of nitrogens with zero attached hydrogens (tertiary/aromatic N) is 4. The van der Waals surface area contributed by atoms with Crippen LogP contribution < -0.4 is 4.90 Å². The van der Waals surface area contributed by atoms with Crippen LogP contribution in [-0.2, 0) is 11.2 Å². The topological polar surface area (TPSA) is 62.5 Å². The summed E-state index contributed by atoms with van der Waals surface area (Å²) in [7, 11) is 0. The van der Waals surface area contributed by atoms with Crippen molar-refractivity contribution >= 4 is 22.4 Å².